The number of nitrogens with zero attached hydrogens (tertiary/aromatic N) is 1. The first-order chi connectivity index (χ1) is 8.46. The van der Waals surface area contributed by atoms with Crippen LogP contribution in [0.2, 0.25) is 0 Å². The highest BCUT2D eigenvalue weighted by molar-refractivity contribution is 5.37. The van der Waals surface area contributed by atoms with E-state index in [1.54, 1.807) is 6.07 Å². The average molecular weight is 250 g/mol. The first-order valence-corrected chi connectivity index (χ1v) is 6.70. The van der Waals surface area contributed by atoms with Crippen LogP contribution in [0, 0.1) is 6.92 Å². The number of aryl methyl sites for hydroxylation is 1. The Labute approximate surface area is 111 Å². The van der Waals surface area contributed by atoms with Gasteiger partial charge in [-0.2, -0.15) is 0 Å². The van der Waals surface area contributed by atoms with Gasteiger partial charge in [0.25, 0.3) is 0 Å². The minimum Gasteiger partial charge on any atom is -0.508 e. The van der Waals surface area contributed by atoms with Gasteiger partial charge in [-0.3, -0.25) is 4.90 Å². The van der Waals surface area contributed by atoms with Crippen molar-refractivity contribution in [3.05, 3.63) is 29.3 Å². The van der Waals surface area contributed by atoms with Gasteiger partial charge in [0.15, 0.2) is 0 Å². The van der Waals surface area contributed by atoms with Crippen molar-refractivity contribution in [3.63, 3.8) is 0 Å². The second-order valence-corrected chi connectivity index (χ2v) is 5.18. The summed E-state index contributed by atoms with van der Waals surface area (Å²) in [6.07, 6.45) is 0.776. The van der Waals surface area contributed by atoms with E-state index in [-0.39, 0.29) is 5.54 Å². The van der Waals surface area contributed by atoms with Crippen molar-refractivity contribution in [2.45, 2.75) is 39.7 Å². The van der Waals surface area contributed by atoms with Gasteiger partial charge in [0, 0.05) is 12.1 Å². The predicted molar refractivity (Wildman–Crippen MR) is 76.9 cm³/mol. The first kappa shape index (κ1) is 15.0. The van der Waals surface area contributed by atoms with Crippen LogP contribution in [0.1, 0.15) is 31.9 Å². The Balaban J connectivity index is 3.01. The van der Waals surface area contributed by atoms with Crippen LogP contribution in [-0.2, 0) is 6.42 Å². The van der Waals surface area contributed by atoms with E-state index < -0.39 is 0 Å². The normalized spacial score (nSPS) is 14.8. The minimum absolute atomic E-state index is 0.102. The highest BCUT2D eigenvalue weighted by Gasteiger charge is 2.29. The summed E-state index contributed by atoms with van der Waals surface area (Å²) >= 11 is 0. The van der Waals surface area contributed by atoms with E-state index in [9.17, 15) is 5.11 Å². The number of hydrogen-bond acceptors (Lipinski definition) is 3. The molecule has 0 aliphatic rings. The molecule has 0 radical (unpaired) electrons. The van der Waals surface area contributed by atoms with Crippen LogP contribution >= 0.6 is 0 Å². The standard InChI is InChI=1S/C15H26N2O/c1-5-17(6-2)15(4,11-16)10-13-9-12(3)7-8-14(13)18/h7-9,18H,5-6,10-11,16H2,1-4H3. The number of hydrogen-bond donors (Lipinski definition) is 2. The smallest absolute Gasteiger partial charge is 0.118 e. The van der Waals surface area contributed by atoms with Gasteiger partial charge in [-0.05, 0) is 45.0 Å². The Morgan fingerprint density at radius 2 is 1.89 bits per heavy atom. The summed E-state index contributed by atoms with van der Waals surface area (Å²) in [5, 5.41) is 9.96. The van der Waals surface area contributed by atoms with Gasteiger partial charge in [-0.1, -0.05) is 31.5 Å². The fourth-order valence-corrected chi connectivity index (χ4v) is 2.57. The maximum absolute atomic E-state index is 9.96. The molecule has 18 heavy (non-hydrogen) atoms. The van der Waals surface area contributed by atoms with Crippen molar-refractivity contribution in [2.75, 3.05) is 19.6 Å². The molecule has 0 aliphatic carbocycles. The van der Waals surface area contributed by atoms with Gasteiger partial charge in [-0.25, -0.2) is 0 Å². The first-order valence-electron chi connectivity index (χ1n) is 6.70. The van der Waals surface area contributed by atoms with Crippen molar-refractivity contribution in [2.24, 2.45) is 5.73 Å². The van der Waals surface area contributed by atoms with E-state index in [0.717, 1.165) is 25.1 Å². The van der Waals surface area contributed by atoms with Gasteiger partial charge < -0.3 is 10.8 Å². The Bertz CT molecular complexity index is 388. The summed E-state index contributed by atoms with van der Waals surface area (Å²) in [4.78, 5) is 2.36. The van der Waals surface area contributed by atoms with Crippen LogP contribution in [-0.4, -0.2) is 35.2 Å². The molecule has 1 aromatic rings. The van der Waals surface area contributed by atoms with Crippen LogP contribution in [0.15, 0.2) is 18.2 Å². The fourth-order valence-electron chi connectivity index (χ4n) is 2.57. The van der Waals surface area contributed by atoms with Crippen molar-refractivity contribution in [3.8, 4) is 5.75 Å². The zero-order chi connectivity index (χ0) is 13.8. The molecule has 0 fully saturated rings. The SMILES string of the molecule is CCN(CC)C(C)(CN)Cc1cc(C)ccc1O. The van der Waals surface area contributed by atoms with E-state index in [1.807, 2.05) is 19.1 Å². The maximum Gasteiger partial charge on any atom is 0.118 e. The van der Waals surface area contributed by atoms with Gasteiger partial charge >= 0.3 is 0 Å². The molecule has 0 amide bonds. The number of rotatable bonds is 6. The molecular weight excluding hydrogens is 224 g/mol. The maximum atomic E-state index is 9.96. The van der Waals surface area contributed by atoms with Gasteiger partial charge in [0.2, 0.25) is 0 Å². The van der Waals surface area contributed by atoms with Crippen LogP contribution in [0.3, 0.4) is 0 Å². The van der Waals surface area contributed by atoms with E-state index in [4.69, 9.17) is 5.73 Å². The average Bonchev–Trinajstić information content (AvgIpc) is 2.35. The van der Waals surface area contributed by atoms with Gasteiger partial charge in [0.1, 0.15) is 5.75 Å². The van der Waals surface area contributed by atoms with Crippen LogP contribution in [0.4, 0.5) is 0 Å². The lowest BCUT2D eigenvalue weighted by molar-refractivity contribution is 0.123. The zero-order valence-corrected chi connectivity index (χ0v) is 12.0. The largest absolute Gasteiger partial charge is 0.508 e. The molecule has 102 valence electrons. The molecule has 0 saturated heterocycles. The lowest BCUT2D eigenvalue weighted by Crippen LogP contribution is -2.53. The molecule has 0 spiro atoms. The topological polar surface area (TPSA) is 49.5 Å². The summed E-state index contributed by atoms with van der Waals surface area (Å²) < 4.78 is 0. The molecule has 1 rings (SSSR count). The molecule has 0 bridgehead atoms. The van der Waals surface area contributed by atoms with Crippen LogP contribution in [0.5, 0.6) is 5.75 Å². The van der Waals surface area contributed by atoms with Crippen molar-refractivity contribution in [1.29, 1.82) is 0 Å². The number of aromatic hydroxyl groups is 1. The third-order valence-corrected chi connectivity index (χ3v) is 3.77. The lowest BCUT2D eigenvalue weighted by Gasteiger charge is -2.40. The van der Waals surface area contributed by atoms with E-state index in [2.05, 4.69) is 25.7 Å². The van der Waals surface area contributed by atoms with Crippen LogP contribution in [0.25, 0.3) is 0 Å². The molecule has 0 heterocycles. The zero-order valence-electron chi connectivity index (χ0n) is 12.0. The summed E-state index contributed by atoms with van der Waals surface area (Å²) in [7, 11) is 0. The molecule has 3 N–H and O–H groups in total. The summed E-state index contributed by atoms with van der Waals surface area (Å²) in [5.74, 6) is 0.368. The summed E-state index contributed by atoms with van der Waals surface area (Å²) in [6.45, 7) is 11.0. The Morgan fingerprint density at radius 3 is 2.39 bits per heavy atom. The lowest BCUT2D eigenvalue weighted by atomic mass is 9.89. The quantitative estimate of drug-likeness (QED) is 0.814. The molecule has 3 heteroatoms. The summed E-state index contributed by atoms with van der Waals surface area (Å²) in [6, 6.07) is 5.74. The number of nitrogens with two attached hydrogens (primary N) is 1. The molecular formula is C15H26N2O. The van der Waals surface area contributed by atoms with E-state index in [0.29, 0.717) is 12.3 Å². The Hall–Kier alpha value is -1.06. The number of phenolic OH excluding ortho intramolecular Hbond substituents is 1. The molecule has 1 aromatic carbocycles. The molecule has 1 unspecified atom stereocenters. The molecule has 0 saturated carbocycles. The second kappa shape index (κ2) is 6.21. The third kappa shape index (κ3) is 3.24. The number of phenols is 1. The van der Waals surface area contributed by atoms with Crippen molar-refractivity contribution in [1.82, 2.24) is 4.90 Å². The van der Waals surface area contributed by atoms with Crippen molar-refractivity contribution >= 4 is 0 Å². The molecule has 1 atom stereocenters. The predicted octanol–water partition coefficient (Wildman–Crippen LogP) is 2.30. The molecule has 0 aromatic heterocycles. The Morgan fingerprint density at radius 1 is 1.28 bits per heavy atom. The van der Waals surface area contributed by atoms with Gasteiger partial charge in [-0.15, -0.1) is 0 Å². The second-order valence-electron chi connectivity index (χ2n) is 5.18. The van der Waals surface area contributed by atoms with E-state index in [1.165, 1.54) is 5.56 Å². The van der Waals surface area contributed by atoms with Gasteiger partial charge in [0.05, 0.1) is 0 Å². The number of likely N-dealkylation sites (N-methyl/N-ethyl adjacent to an activating group) is 1. The third-order valence-electron chi connectivity index (χ3n) is 3.77. The summed E-state index contributed by atoms with van der Waals surface area (Å²) in [5.41, 5.74) is 8.02. The number of benzene rings is 1. The van der Waals surface area contributed by atoms with Crippen LogP contribution < -0.4 is 5.73 Å². The monoisotopic (exact) mass is 250 g/mol. The molecule has 3 nitrogen and oxygen atoms in total. The highest BCUT2D eigenvalue weighted by Crippen LogP contribution is 2.26. The Kier molecular flexibility index (Phi) is 5.17. The van der Waals surface area contributed by atoms with E-state index >= 15 is 0 Å². The van der Waals surface area contributed by atoms with Crippen molar-refractivity contribution < 1.29 is 5.11 Å². The molecule has 0 aliphatic heterocycles. The minimum atomic E-state index is -0.102. The highest BCUT2D eigenvalue weighted by atomic mass is 16.3. The fraction of sp³-hybridized carbons (Fsp3) is 0.600.